The Morgan fingerprint density at radius 1 is 1.26 bits per heavy atom. The molecular weight excluding hydrogens is 296 g/mol. The van der Waals surface area contributed by atoms with Crippen molar-refractivity contribution in [2.24, 2.45) is 0 Å². The van der Waals surface area contributed by atoms with Gasteiger partial charge in [0.25, 0.3) is 0 Å². The zero-order chi connectivity index (χ0) is 16.4. The van der Waals surface area contributed by atoms with Gasteiger partial charge in [0.05, 0.1) is 13.0 Å². The Hall–Kier alpha value is -1.92. The van der Waals surface area contributed by atoms with E-state index in [-0.39, 0.29) is 18.9 Å². The van der Waals surface area contributed by atoms with Crippen LogP contribution in [-0.4, -0.2) is 65.3 Å². The summed E-state index contributed by atoms with van der Waals surface area (Å²) < 4.78 is 5.87. The molecule has 0 saturated carbocycles. The normalized spacial score (nSPS) is 24.0. The molecule has 3 rings (SSSR count). The Morgan fingerprint density at radius 3 is 2.52 bits per heavy atom. The second kappa shape index (κ2) is 6.29. The predicted octanol–water partition coefficient (Wildman–Crippen LogP) is 0.963. The molecule has 2 fully saturated rings. The van der Waals surface area contributed by atoms with Crippen LogP contribution in [0, 0.1) is 0 Å². The van der Waals surface area contributed by atoms with Gasteiger partial charge in [0.1, 0.15) is 5.72 Å². The predicted molar refractivity (Wildman–Crippen MR) is 83.8 cm³/mol. The van der Waals surface area contributed by atoms with Crippen LogP contribution in [0.25, 0.3) is 0 Å². The van der Waals surface area contributed by atoms with E-state index in [1.165, 1.54) is 4.90 Å². The number of amides is 1. The molecule has 0 radical (unpaired) electrons. The second-order valence-electron chi connectivity index (χ2n) is 6.34. The van der Waals surface area contributed by atoms with Crippen LogP contribution in [0.5, 0.6) is 0 Å². The van der Waals surface area contributed by atoms with E-state index in [4.69, 9.17) is 4.74 Å². The highest BCUT2D eigenvalue weighted by molar-refractivity contribution is 5.86. The van der Waals surface area contributed by atoms with E-state index >= 15 is 0 Å². The summed E-state index contributed by atoms with van der Waals surface area (Å²) in [5, 5.41) is 9.48. The maximum Gasteiger partial charge on any atom is 0.328 e. The van der Waals surface area contributed by atoms with E-state index in [0.29, 0.717) is 12.8 Å². The zero-order valence-electron chi connectivity index (χ0n) is 13.3. The summed E-state index contributed by atoms with van der Waals surface area (Å²) in [5.74, 6) is -1.17. The molecule has 0 aromatic heterocycles. The summed E-state index contributed by atoms with van der Waals surface area (Å²) in [5.41, 5.74) is 0.123. The number of piperidine rings is 1. The Morgan fingerprint density at radius 2 is 1.91 bits per heavy atom. The molecule has 6 nitrogen and oxygen atoms in total. The highest BCUT2D eigenvalue weighted by Crippen LogP contribution is 2.37. The van der Waals surface area contributed by atoms with Crippen LogP contribution in [0.1, 0.15) is 18.4 Å². The minimum atomic E-state index is -0.998. The molecule has 1 spiro atoms. The van der Waals surface area contributed by atoms with Crippen molar-refractivity contribution in [3.8, 4) is 0 Å². The highest BCUT2D eigenvalue weighted by Gasteiger charge is 2.53. The van der Waals surface area contributed by atoms with Crippen molar-refractivity contribution in [3.63, 3.8) is 0 Å². The molecular formula is C17H22N2O4. The highest BCUT2D eigenvalue weighted by atomic mass is 16.5. The number of benzene rings is 1. The summed E-state index contributed by atoms with van der Waals surface area (Å²) >= 11 is 0. The van der Waals surface area contributed by atoms with Crippen molar-refractivity contribution < 1.29 is 19.4 Å². The number of carboxylic acids is 1. The first-order valence-electron chi connectivity index (χ1n) is 7.93. The van der Waals surface area contributed by atoms with Crippen molar-refractivity contribution in [2.45, 2.75) is 31.0 Å². The molecule has 2 heterocycles. The van der Waals surface area contributed by atoms with E-state index in [2.05, 4.69) is 4.90 Å². The van der Waals surface area contributed by atoms with Crippen molar-refractivity contribution in [1.29, 1.82) is 0 Å². The fourth-order valence-corrected chi connectivity index (χ4v) is 3.45. The summed E-state index contributed by atoms with van der Waals surface area (Å²) in [7, 11) is 2.02. The lowest BCUT2D eigenvalue weighted by atomic mass is 9.97. The first-order valence-corrected chi connectivity index (χ1v) is 7.93. The Bertz CT molecular complexity index is 582. The Labute approximate surface area is 135 Å². The summed E-state index contributed by atoms with van der Waals surface area (Å²) in [6.07, 6.45) is 1.49. The van der Waals surface area contributed by atoms with Gasteiger partial charge in [0.2, 0.25) is 5.91 Å². The van der Waals surface area contributed by atoms with Gasteiger partial charge < -0.3 is 14.7 Å². The number of carbonyl (C=O) groups is 2. The number of rotatable bonds is 3. The minimum absolute atomic E-state index is 0.0690. The van der Waals surface area contributed by atoms with E-state index in [9.17, 15) is 14.7 Å². The summed E-state index contributed by atoms with van der Waals surface area (Å²) in [4.78, 5) is 28.1. The van der Waals surface area contributed by atoms with Crippen molar-refractivity contribution in [3.05, 3.63) is 35.9 Å². The number of carbonyl (C=O) groups excluding carboxylic acids is 1. The average molecular weight is 318 g/mol. The number of hydrogen-bond donors (Lipinski definition) is 1. The molecule has 2 saturated heterocycles. The number of carboxylic acid groups (broad SMARTS) is 1. The van der Waals surface area contributed by atoms with Crippen LogP contribution >= 0.6 is 0 Å². The van der Waals surface area contributed by atoms with Crippen LogP contribution in [0.2, 0.25) is 0 Å². The van der Waals surface area contributed by atoms with Gasteiger partial charge in [-0.3, -0.25) is 9.69 Å². The molecule has 1 aromatic carbocycles. The Kier molecular flexibility index (Phi) is 4.37. The van der Waals surface area contributed by atoms with Gasteiger partial charge in [-0.05, 0) is 12.6 Å². The zero-order valence-corrected chi connectivity index (χ0v) is 13.3. The topological polar surface area (TPSA) is 70.1 Å². The number of aliphatic carboxylic acids is 1. The van der Waals surface area contributed by atoms with Gasteiger partial charge >= 0.3 is 5.97 Å². The quantitative estimate of drug-likeness (QED) is 0.899. The SMILES string of the molecule is CN1CCC2(CC1)OC[C@@H](C(=O)O)N2C(=O)Cc1ccccc1. The van der Waals surface area contributed by atoms with E-state index in [1.54, 1.807) is 0 Å². The fraction of sp³-hybridized carbons (Fsp3) is 0.529. The van der Waals surface area contributed by atoms with Crippen molar-refractivity contribution >= 4 is 11.9 Å². The van der Waals surface area contributed by atoms with Crippen LogP contribution < -0.4 is 0 Å². The molecule has 124 valence electrons. The van der Waals surface area contributed by atoms with E-state index in [1.807, 2.05) is 37.4 Å². The van der Waals surface area contributed by atoms with Crippen molar-refractivity contribution in [1.82, 2.24) is 9.80 Å². The monoisotopic (exact) mass is 318 g/mol. The molecule has 6 heteroatoms. The summed E-state index contributed by atoms with van der Waals surface area (Å²) in [6, 6.07) is 8.52. The third-order valence-electron chi connectivity index (χ3n) is 4.78. The lowest BCUT2D eigenvalue weighted by Gasteiger charge is -2.43. The number of nitrogens with zero attached hydrogens (tertiary/aromatic N) is 2. The van der Waals surface area contributed by atoms with Crippen LogP contribution in [0.4, 0.5) is 0 Å². The number of likely N-dealkylation sites (tertiary alicyclic amines) is 1. The van der Waals surface area contributed by atoms with E-state index in [0.717, 1.165) is 18.7 Å². The molecule has 2 aliphatic heterocycles. The molecule has 23 heavy (non-hydrogen) atoms. The Balaban J connectivity index is 1.84. The molecule has 1 atom stereocenters. The van der Waals surface area contributed by atoms with Gasteiger partial charge in [-0.25, -0.2) is 4.79 Å². The number of ether oxygens (including phenoxy) is 1. The van der Waals surface area contributed by atoms with Gasteiger partial charge in [-0.2, -0.15) is 0 Å². The lowest BCUT2D eigenvalue weighted by Crippen LogP contribution is -2.58. The van der Waals surface area contributed by atoms with Gasteiger partial charge in [-0.15, -0.1) is 0 Å². The smallest absolute Gasteiger partial charge is 0.328 e. The first kappa shape index (κ1) is 16.0. The third-order valence-corrected chi connectivity index (χ3v) is 4.78. The molecule has 0 aliphatic carbocycles. The van der Waals surface area contributed by atoms with Crippen molar-refractivity contribution in [2.75, 3.05) is 26.7 Å². The minimum Gasteiger partial charge on any atom is -0.480 e. The second-order valence-corrected chi connectivity index (χ2v) is 6.34. The van der Waals surface area contributed by atoms with Gasteiger partial charge in [0.15, 0.2) is 6.04 Å². The molecule has 0 bridgehead atoms. The largest absolute Gasteiger partial charge is 0.480 e. The number of hydrogen-bond acceptors (Lipinski definition) is 4. The maximum absolute atomic E-state index is 12.9. The maximum atomic E-state index is 12.9. The average Bonchev–Trinajstić information content (AvgIpc) is 2.91. The van der Waals surface area contributed by atoms with Crippen LogP contribution in [-0.2, 0) is 20.7 Å². The molecule has 1 aromatic rings. The van der Waals surface area contributed by atoms with Gasteiger partial charge in [-0.1, -0.05) is 30.3 Å². The van der Waals surface area contributed by atoms with E-state index < -0.39 is 17.7 Å². The standard InChI is InChI=1S/C17H22N2O4/c1-18-9-7-17(8-10-18)19(14(12-23-17)16(21)22)15(20)11-13-5-3-2-4-6-13/h2-6,14H,7-12H2,1H3,(H,21,22)/t14-/m0/s1. The molecule has 1 amide bonds. The fourth-order valence-electron chi connectivity index (χ4n) is 3.45. The molecule has 0 unspecified atom stereocenters. The van der Waals surface area contributed by atoms with Crippen LogP contribution in [0.3, 0.4) is 0 Å². The molecule has 1 N–H and O–H groups in total. The van der Waals surface area contributed by atoms with Gasteiger partial charge in [0, 0.05) is 25.9 Å². The molecule has 2 aliphatic rings. The first-order chi connectivity index (χ1) is 11.0. The lowest BCUT2D eigenvalue weighted by molar-refractivity contribution is -0.164. The van der Waals surface area contributed by atoms with Crippen LogP contribution in [0.15, 0.2) is 30.3 Å². The third kappa shape index (κ3) is 3.09. The summed E-state index contributed by atoms with van der Waals surface area (Å²) in [6.45, 7) is 1.66.